The van der Waals surface area contributed by atoms with Gasteiger partial charge in [0.25, 0.3) is 5.91 Å². The van der Waals surface area contributed by atoms with Crippen LogP contribution in [-0.4, -0.2) is 67.2 Å². The molecule has 218 valence electrons. The van der Waals surface area contributed by atoms with E-state index in [1.54, 1.807) is 68.7 Å². The topological polar surface area (TPSA) is 113 Å². The number of amides is 3. The Hall–Kier alpha value is -5.29. The Bertz CT molecular complexity index is 1770. The number of hydrogen-bond acceptors (Lipinski definition) is 7. The average molecular weight is 581 g/mol. The number of morpholine rings is 1. The number of furan rings is 1. The molecule has 2 N–H and O–H groups in total. The summed E-state index contributed by atoms with van der Waals surface area (Å²) in [6.45, 7) is 2.35. The van der Waals surface area contributed by atoms with Crippen LogP contribution in [0.25, 0.3) is 33.6 Å². The van der Waals surface area contributed by atoms with Crippen molar-refractivity contribution in [1.82, 2.24) is 14.9 Å². The fourth-order valence-corrected chi connectivity index (χ4v) is 4.85. The summed E-state index contributed by atoms with van der Waals surface area (Å²) >= 11 is 0. The van der Waals surface area contributed by atoms with Gasteiger partial charge in [0.2, 0.25) is 0 Å². The van der Waals surface area contributed by atoms with Crippen LogP contribution in [0.15, 0.2) is 83.5 Å². The molecule has 11 heteroatoms. The zero-order valence-electron chi connectivity index (χ0n) is 23.6. The van der Waals surface area contributed by atoms with Gasteiger partial charge >= 0.3 is 6.03 Å². The van der Waals surface area contributed by atoms with Gasteiger partial charge in [-0.25, -0.2) is 19.2 Å². The fraction of sp³-hybridized carbons (Fsp3) is 0.188. The second-order valence-electron chi connectivity index (χ2n) is 10.2. The first-order valence-electron chi connectivity index (χ1n) is 13.7. The van der Waals surface area contributed by atoms with Gasteiger partial charge in [-0.3, -0.25) is 4.79 Å². The first-order valence-corrected chi connectivity index (χ1v) is 13.7. The summed E-state index contributed by atoms with van der Waals surface area (Å²) in [4.78, 5) is 37.9. The van der Waals surface area contributed by atoms with E-state index in [-0.39, 0.29) is 5.91 Å². The van der Waals surface area contributed by atoms with Gasteiger partial charge in [0.1, 0.15) is 17.4 Å². The van der Waals surface area contributed by atoms with E-state index in [4.69, 9.17) is 19.1 Å². The monoisotopic (exact) mass is 580 g/mol. The summed E-state index contributed by atoms with van der Waals surface area (Å²) < 4.78 is 26.2. The molecule has 0 bridgehead atoms. The van der Waals surface area contributed by atoms with E-state index >= 15 is 4.39 Å². The number of anilines is 3. The zero-order chi connectivity index (χ0) is 29.9. The molecular weight excluding hydrogens is 551 g/mol. The minimum Gasteiger partial charge on any atom is -0.464 e. The summed E-state index contributed by atoms with van der Waals surface area (Å²) in [6.07, 6.45) is 1.50. The molecule has 3 amide bonds. The summed E-state index contributed by atoms with van der Waals surface area (Å²) in [5.41, 5.74) is 3.28. The highest BCUT2D eigenvalue weighted by atomic mass is 19.1. The average Bonchev–Trinajstić information content (AvgIpc) is 3.56. The van der Waals surface area contributed by atoms with E-state index in [0.717, 1.165) is 5.56 Å². The van der Waals surface area contributed by atoms with E-state index in [9.17, 15) is 9.59 Å². The van der Waals surface area contributed by atoms with Gasteiger partial charge in [-0.2, -0.15) is 0 Å². The number of carbonyl (C=O) groups is 2. The second kappa shape index (κ2) is 11.9. The lowest BCUT2D eigenvalue weighted by molar-refractivity contribution is 0.0827. The van der Waals surface area contributed by atoms with Crippen LogP contribution in [0.4, 0.5) is 26.4 Å². The Kier molecular flexibility index (Phi) is 7.71. The van der Waals surface area contributed by atoms with Crippen molar-refractivity contribution in [2.75, 3.05) is 55.9 Å². The van der Waals surface area contributed by atoms with E-state index in [0.29, 0.717) is 77.1 Å². The molecule has 0 saturated carbocycles. The lowest BCUT2D eigenvalue weighted by Gasteiger charge is -2.29. The molecule has 0 atom stereocenters. The van der Waals surface area contributed by atoms with E-state index in [1.807, 2.05) is 12.1 Å². The Labute approximate surface area is 247 Å². The lowest BCUT2D eigenvalue weighted by atomic mass is 10.1. The molecule has 1 fully saturated rings. The third-order valence-electron chi connectivity index (χ3n) is 7.06. The second-order valence-corrected chi connectivity index (χ2v) is 10.2. The number of urea groups is 1. The summed E-state index contributed by atoms with van der Waals surface area (Å²) in [5.74, 6) is 0.982. The van der Waals surface area contributed by atoms with Crippen molar-refractivity contribution in [2.45, 2.75) is 0 Å². The van der Waals surface area contributed by atoms with Crippen molar-refractivity contribution in [1.29, 1.82) is 0 Å². The maximum absolute atomic E-state index is 15.2. The van der Waals surface area contributed by atoms with Crippen LogP contribution in [0.1, 0.15) is 10.4 Å². The van der Waals surface area contributed by atoms with Gasteiger partial charge in [-0.1, -0.05) is 0 Å². The van der Waals surface area contributed by atoms with Crippen molar-refractivity contribution in [3.63, 3.8) is 0 Å². The minimum atomic E-state index is -0.427. The van der Waals surface area contributed by atoms with Gasteiger partial charge in [-0.15, -0.1) is 0 Å². The molecule has 1 aliphatic heterocycles. The first-order chi connectivity index (χ1) is 20.9. The molecule has 10 nitrogen and oxygen atoms in total. The molecule has 2 aromatic heterocycles. The van der Waals surface area contributed by atoms with E-state index in [1.165, 1.54) is 17.2 Å². The lowest BCUT2D eigenvalue weighted by Crippen LogP contribution is -2.37. The van der Waals surface area contributed by atoms with Gasteiger partial charge in [0.15, 0.2) is 5.82 Å². The van der Waals surface area contributed by atoms with E-state index < -0.39 is 11.8 Å². The number of hydrogen-bond donors (Lipinski definition) is 2. The predicted octanol–water partition coefficient (Wildman–Crippen LogP) is 5.88. The predicted molar refractivity (Wildman–Crippen MR) is 163 cm³/mol. The van der Waals surface area contributed by atoms with Gasteiger partial charge in [0, 0.05) is 55.1 Å². The number of nitrogens with one attached hydrogen (secondary N) is 2. The molecule has 3 aromatic carbocycles. The Morgan fingerprint density at radius 3 is 2.21 bits per heavy atom. The Morgan fingerprint density at radius 1 is 0.907 bits per heavy atom. The number of ether oxygens (including phenoxy) is 1. The molecule has 0 spiro atoms. The van der Waals surface area contributed by atoms with Crippen molar-refractivity contribution in [2.24, 2.45) is 0 Å². The molecule has 5 aromatic rings. The van der Waals surface area contributed by atoms with Crippen molar-refractivity contribution in [3.8, 4) is 22.7 Å². The standard InChI is InChI=1S/C32H29FN6O4/c1-38(2)31(40)21-7-11-23(12-8-21)35-32(41)34-22-9-5-20(6-10-22)29-36-27-19-24(28-4-3-15-43-28)26(33)18-25(27)30(37-29)39-13-16-42-17-14-39/h3-12,15,18-19H,13-14,16-17H2,1-2H3,(H2,34,35,41). The highest BCUT2D eigenvalue weighted by Crippen LogP contribution is 2.34. The largest absolute Gasteiger partial charge is 0.464 e. The molecule has 0 unspecified atom stereocenters. The number of carbonyl (C=O) groups excluding carboxylic acids is 2. The SMILES string of the molecule is CN(C)C(=O)c1ccc(NC(=O)Nc2ccc(-c3nc(N4CCOCC4)c4cc(F)c(-c5ccco5)cc4n3)cc2)cc1. The van der Waals surface area contributed by atoms with Crippen LogP contribution in [0.2, 0.25) is 0 Å². The van der Waals surface area contributed by atoms with Crippen molar-refractivity contribution >= 4 is 40.0 Å². The van der Waals surface area contributed by atoms with Crippen LogP contribution in [0.3, 0.4) is 0 Å². The first kappa shape index (κ1) is 27.9. The molecule has 1 aliphatic rings. The highest BCUT2D eigenvalue weighted by Gasteiger charge is 2.21. The summed E-state index contributed by atoms with van der Waals surface area (Å²) in [7, 11) is 3.36. The number of rotatable bonds is 6. The van der Waals surface area contributed by atoms with Crippen molar-refractivity contribution in [3.05, 3.63) is 90.4 Å². The van der Waals surface area contributed by atoms with Gasteiger partial charge < -0.3 is 29.6 Å². The molecule has 0 radical (unpaired) electrons. The molecular formula is C32H29FN6O4. The van der Waals surface area contributed by atoms with Gasteiger partial charge in [0.05, 0.1) is 30.6 Å². The number of halogens is 1. The maximum atomic E-state index is 15.2. The normalized spacial score (nSPS) is 13.1. The number of fused-ring (bicyclic) bond motifs is 1. The number of benzene rings is 3. The third kappa shape index (κ3) is 6.02. The molecule has 0 aliphatic carbocycles. The quantitative estimate of drug-likeness (QED) is 0.258. The fourth-order valence-electron chi connectivity index (χ4n) is 4.85. The number of aromatic nitrogens is 2. The number of nitrogens with zero attached hydrogens (tertiary/aromatic N) is 4. The van der Waals surface area contributed by atoms with Crippen LogP contribution < -0.4 is 15.5 Å². The third-order valence-corrected chi connectivity index (χ3v) is 7.06. The van der Waals surface area contributed by atoms with Crippen LogP contribution in [0.5, 0.6) is 0 Å². The van der Waals surface area contributed by atoms with Crippen LogP contribution in [-0.2, 0) is 4.74 Å². The van der Waals surface area contributed by atoms with Crippen molar-refractivity contribution < 1.29 is 23.1 Å². The smallest absolute Gasteiger partial charge is 0.323 e. The Morgan fingerprint density at radius 2 is 1.58 bits per heavy atom. The Balaban J connectivity index is 1.24. The van der Waals surface area contributed by atoms with Crippen LogP contribution in [0, 0.1) is 5.82 Å². The zero-order valence-corrected chi connectivity index (χ0v) is 23.6. The molecule has 3 heterocycles. The van der Waals surface area contributed by atoms with E-state index in [2.05, 4.69) is 15.5 Å². The summed E-state index contributed by atoms with van der Waals surface area (Å²) in [5, 5.41) is 6.17. The molecule has 43 heavy (non-hydrogen) atoms. The minimum absolute atomic E-state index is 0.117. The van der Waals surface area contributed by atoms with Crippen LogP contribution >= 0.6 is 0 Å². The molecule has 6 rings (SSSR count). The maximum Gasteiger partial charge on any atom is 0.323 e. The highest BCUT2D eigenvalue weighted by molar-refractivity contribution is 6.00. The summed E-state index contributed by atoms with van der Waals surface area (Å²) in [6, 6.07) is 20.0. The molecule has 1 saturated heterocycles. The van der Waals surface area contributed by atoms with Gasteiger partial charge in [-0.05, 0) is 72.8 Å².